The Morgan fingerprint density at radius 3 is 2.65 bits per heavy atom. The largest absolute Gasteiger partial charge is 0.416 e. The SMILES string of the molecule is CC(C)n1ccc(/C=N\NC(=O)c2cccc(C(F)(F)F)c2)c1. The maximum atomic E-state index is 12.6. The first-order valence-corrected chi connectivity index (χ1v) is 6.95. The van der Waals surface area contributed by atoms with Crippen molar-refractivity contribution < 1.29 is 18.0 Å². The summed E-state index contributed by atoms with van der Waals surface area (Å²) in [4.78, 5) is 11.8. The monoisotopic (exact) mass is 323 g/mol. The number of nitrogens with one attached hydrogen (secondary N) is 1. The third-order valence-electron chi connectivity index (χ3n) is 3.17. The van der Waals surface area contributed by atoms with Gasteiger partial charge in [-0.3, -0.25) is 4.79 Å². The molecule has 0 saturated carbocycles. The molecule has 0 bridgehead atoms. The van der Waals surface area contributed by atoms with Crippen molar-refractivity contribution >= 4 is 12.1 Å². The van der Waals surface area contributed by atoms with Crippen molar-refractivity contribution in [3.63, 3.8) is 0 Å². The zero-order valence-electron chi connectivity index (χ0n) is 12.6. The first-order chi connectivity index (χ1) is 10.8. The van der Waals surface area contributed by atoms with Crippen LogP contribution in [0.3, 0.4) is 0 Å². The predicted octanol–water partition coefficient (Wildman–Crippen LogP) is 3.85. The summed E-state index contributed by atoms with van der Waals surface area (Å²) >= 11 is 0. The maximum absolute atomic E-state index is 12.6. The molecule has 0 fully saturated rings. The Balaban J connectivity index is 2.03. The van der Waals surface area contributed by atoms with Crippen molar-refractivity contribution in [3.05, 3.63) is 59.4 Å². The lowest BCUT2D eigenvalue weighted by molar-refractivity contribution is -0.137. The number of alkyl halides is 3. The molecule has 1 aromatic carbocycles. The van der Waals surface area contributed by atoms with E-state index in [2.05, 4.69) is 10.5 Å². The number of hydrogen-bond acceptors (Lipinski definition) is 2. The molecule has 7 heteroatoms. The molecule has 0 radical (unpaired) electrons. The quantitative estimate of drug-likeness (QED) is 0.674. The summed E-state index contributed by atoms with van der Waals surface area (Å²) in [6.45, 7) is 4.05. The molecule has 0 atom stereocenters. The van der Waals surface area contributed by atoms with E-state index >= 15 is 0 Å². The summed E-state index contributed by atoms with van der Waals surface area (Å²) in [5.41, 5.74) is 2.03. The minimum Gasteiger partial charge on any atom is -0.351 e. The van der Waals surface area contributed by atoms with Gasteiger partial charge in [-0.15, -0.1) is 0 Å². The number of benzene rings is 1. The van der Waals surface area contributed by atoms with Gasteiger partial charge >= 0.3 is 6.18 Å². The second kappa shape index (κ2) is 6.68. The summed E-state index contributed by atoms with van der Waals surface area (Å²) in [5.74, 6) is -0.698. The molecule has 0 aliphatic carbocycles. The standard InChI is InChI=1S/C16H16F3N3O/c1-11(2)22-7-6-12(10-22)9-20-21-15(23)13-4-3-5-14(8-13)16(17,18)19/h3-11H,1-2H3,(H,21,23)/b20-9-. The normalized spacial score (nSPS) is 12.1. The van der Waals surface area contributed by atoms with E-state index in [1.54, 1.807) is 0 Å². The Morgan fingerprint density at radius 1 is 1.30 bits per heavy atom. The molecule has 0 unspecified atom stereocenters. The molecule has 2 rings (SSSR count). The molecule has 1 heterocycles. The van der Waals surface area contributed by atoms with Gasteiger partial charge in [-0.2, -0.15) is 18.3 Å². The molecular formula is C16H16F3N3O. The van der Waals surface area contributed by atoms with Crippen LogP contribution in [0.5, 0.6) is 0 Å². The molecule has 0 saturated heterocycles. The van der Waals surface area contributed by atoms with Crippen LogP contribution in [0.1, 0.15) is 41.4 Å². The van der Waals surface area contributed by atoms with Crippen molar-refractivity contribution in [1.82, 2.24) is 9.99 Å². The van der Waals surface area contributed by atoms with Crippen LogP contribution in [-0.2, 0) is 6.18 Å². The minimum absolute atomic E-state index is 0.100. The van der Waals surface area contributed by atoms with Gasteiger partial charge in [0.25, 0.3) is 5.91 Å². The van der Waals surface area contributed by atoms with E-state index in [1.807, 2.05) is 36.9 Å². The maximum Gasteiger partial charge on any atom is 0.416 e. The van der Waals surface area contributed by atoms with Gasteiger partial charge in [0.15, 0.2) is 0 Å². The van der Waals surface area contributed by atoms with E-state index in [9.17, 15) is 18.0 Å². The second-order valence-corrected chi connectivity index (χ2v) is 5.26. The highest BCUT2D eigenvalue weighted by atomic mass is 19.4. The average molecular weight is 323 g/mol. The van der Waals surface area contributed by atoms with Gasteiger partial charge in [-0.25, -0.2) is 5.43 Å². The zero-order chi connectivity index (χ0) is 17.0. The smallest absolute Gasteiger partial charge is 0.351 e. The molecule has 0 aliphatic heterocycles. The number of amides is 1. The third-order valence-corrected chi connectivity index (χ3v) is 3.17. The van der Waals surface area contributed by atoms with Crippen LogP contribution in [0, 0.1) is 0 Å². The zero-order valence-corrected chi connectivity index (χ0v) is 12.6. The van der Waals surface area contributed by atoms with Gasteiger partial charge < -0.3 is 4.57 Å². The predicted molar refractivity (Wildman–Crippen MR) is 81.3 cm³/mol. The Labute approximate surface area is 131 Å². The lowest BCUT2D eigenvalue weighted by atomic mass is 10.1. The van der Waals surface area contributed by atoms with E-state index in [-0.39, 0.29) is 5.56 Å². The van der Waals surface area contributed by atoms with Gasteiger partial charge in [0.1, 0.15) is 0 Å². The molecule has 4 nitrogen and oxygen atoms in total. The lowest BCUT2D eigenvalue weighted by Gasteiger charge is -2.07. The van der Waals surface area contributed by atoms with E-state index < -0.39 is 17.6 Å². The third kappa shape index (κ3) is 4.45. The van der Waals surface area contributed by atoms with Crippen molar-refractivity contribution in [2.75, 3.05) is 0 Å². The summed E-state index contributed by atoms with van der Waals surface area (Å²) in [7, 11) is 0. The molecule has 2 aromatic rings. The van der Waals surface area contributed by atoms with Gasteiger partial charge in [-0.05, 0) is 38.1 Å². The Kier molecular flexibility index (Phi) is 4.88. The number of halogens is 3. The number of hydrazone groups is 1. The fourth-order valence-corrected chi connectivity index (χ4v) is 1.89. The second-order valence-electron chi connectivity index (χ2n) is 5.26. The molecule has 0 spiro atoms. The summed E-state index contributed by atoms with van der Waals surface area (Å²) in [6, 6.07) is 6.31. The molecular weight excluding hydrogens is 307 g/mol. The summed E-state index contributed by atoms with van der Waals surface area (Å²) in [5, 5.41) is 3.76. The molecule has 122 valence electrons. The van der Waals surface area contributed by atoms with Crippen LogP contribution < -0.4 is 5.43 Å². The highest BCUT2D eigenvalue weighted by Crippen LogP contribution is 2.29. The molecule has 1 amide bonds. The van der Waals surface area contributed by atoms with E-state index in [0.29, 0.717) is 6.04 Å². The van der Waals surface area contributed by atoms with Crippen molar-refractivity contribution in [2.45, 2.75) is 26.1 Å². The van der Waals surface area contributed by atoms with Gasteiger partial charge in [0.05, 0.1) is 11.8 Å². The highest BCUT2D eigenvalue weighted by Gasteiger charge is 2.30. The minimum atomic E-state index is -4.49. The van der Waals surface area contributed by atoms with Crippen LogP contribution in [-0.4, -0.2) is 16.7 Å². The van der Waals surface area contributed by atoms with Gasteiger partial charge in [0, 0.05) is 29.6 Å². The summed E-state index contributed by atoms with van der Waals surface area (Å²) in [6.07, 6.45) is 0.676. The van der Waals surface area contributed by atoms with Crippen LogP contribution in [0.15, 0.2) is 47.8 Å². The number of aromatic nitrogens is 1. The summed E-state index contributed by atoms with van der Waals surface area (Å²) < 4.78 is 39.8. The van der Waals surface area contributed by atoms with Crippen LogP contribution in [0.2, 0.25) is 0 Å². The van der Waals surface area contributed by atoms with Crippen LogP contribution >= 0.6 is 0 Å². The number of hydrogen-bond donors (Lipinski definition) is 1. The fourth-order valence-electron chi connectivity index (χ4n) is 1.89. The molecule has 23 heavy (non-hydrogen) atoms. The van der Waals surface area contributed by atoms with Gasteiger partial charge in [0.2, 0.25) is 0 Å². The van der Waals surface area contributed by atoms with Crippen LogP contribution in [0.4, 0.5) is 13.2 Å². The molecule has 1 aromatic heterocycles. The van der Waals surface area contributed by atoms with Crippen molar-refractivity contribution in [2.24, 2.45) is 5.10 Å². The number of rotatable bonds is 4. The molecule has 1 N–H and O–H groups in total. The van der Waals surface area contributed by atoms with Gasteiger partial charge in [-0.1, -0.05) is 6.07 Å². The van der Waals surface area contributed by atoms with Crippen LogP contribution in [0.25, 0.3) is 0 Å². The topological polar surface area (TPSA) is 46.4 Å². The van der Waals surface area contributed by atoms with Crippen molar-refractivity contribution in [1.29, 1.82) is 0 Å². The Bertz CT molecular complexity index is 717. The highest BCUT2D eigenvalue weighted by molar-refractivity contribution is 5.95. The van der Waals surface area contributed by atoms with E-state index in [4.69, 9.17) is 0 Å². The Morgan fingerprint density at radius 2 is 2.04 bits per heavy atom. The molecule has 0 aliphatic rings. The first-order valence-electron chi connectivity index (χ1n) is 6.95. The number of nitrogens with zero attached hydrogens (tertiary/aromatic N) is 2. The Hall–Kier alpha value is -2.57. The van der Waals surface area contributed by atoms with Crippen molar-refractivity contribution in [3.8, 4) is 0 Å². The number of carbonyl (C=O) groups is 1. The lowest BCUT2D eigenvalue weighted by Crippen LogP contribution is -2.18. The average Bonchev–Trinajstić information content (AvgIpc) is 2.95. The van der Waals surface area contributed by atoms with E-state index in [1.165, 1.54) is 18.3 Å². The van der Waals surface area contributed by atoms with E-state index in [0.717, 1.165) is 17.7 Å². The first kappa shape index (κ1) is 16.8. The fraction of sp³-hybridized carbons (Fsp3) is 0.250. The number of carbonyl (C=O) groups excluding carboxylic acids is 1.